The maximum atomic E-state index is 12.3. The Morgan fingerprint density at radius 3 is 2.56 bits per heavy atom. The van der Waals surface area contributed by atoms with E-state index in [1.54, 1.807) is 16.8 Å². The van der Waals surface area contributed by atoms with Crippen LogP contribution < -0.4 is 10.2 Å². The van der Waals surface area contributed by atoms with Crippen LogP contribution in [0.15, 0.2) is 54.6 Å². The number of carbonyl (C=O) groups is 1. The SMILES string of the molecule is Cc1nn(C[NH+](C)CC(=O)Nc2ccccc2Cl)c(=S)n1-c1ccccc1. The number of benzene rings is 2. The smallest absolute Gasteiger partial charge is 0.279 e. The van der Waals surface area contributed by atoms with Crippen LogP contribution in [0.5, 0.6) is 0 Å². The maximum Gasteiger partial charge on any atom is 0.279 e. The van der Waals surface area contributed by atoms with Gasteiger partial charge in [0.15, 0.2) is 13.2 Å². The number of hydrogen-bond acceptors (Lipinski definition) is 3. The van der Waals surface area contributed by atoms with Crippen LogP contribution in [-0.2, 0) is 11.5 Å². The van der Waals surface area contributed by atoms with Crippen molar-refractivity contribution >= 4 is 35.4 Å². The second-order valence-corrected chi connectivity index (χ2v) is 7.09. The molecular weight excluding hydrogens is 382 g/mol. The summed E-state index contributed by atoms with van der Waals surface area (Å²) in [4.78, 5) is 13.2. The maximum absolute atomic E-state index is 12.3. The van der Waals surface area contributed by atoms with Crippen LogP contribution in [0, 0.1) is 11.7 Å². The van der Waals surface area contributed by atoms with Gasteiger partial charge in [0, 0.05) is 5.69 Å². The molecule has 3 rings (SSSR count). The van der Waals surface area contributed by atoms with Crippen LogP contribution in [0.4, 0.5) is 5.69 Å². The predicted octanol–water partition coefficient (Wildman–Crippen LogP) is 2.48. The second kappa shape index (κ2) is 8.47. The lowest BCUT2D eigenvalue weighted by Crippen LogP contribution is -3.09. The van der Waals surface area contributed by atoms with Gasteiger partial charge in [-0.1, -0.05) is 41.9 Å². The first-order valence-electron chi connectivity index (χ1n) is 8.53. The normalized spacial score (nSPS) is 12.0. The number of quaternary nitrogens is 1. The summed E-state index contributed by atoms with van der Waals surface area (Å²) in [5, 5.41) is 7.88. The number of likely N-dealkylation sites (N-methyl/N-ethyl adjacent to an activating group) is 1. The van der Waals surface area contributed by atoms with Crippen LogP contribution in [0.3, 0.4) is 0 Å². The fourth-order valence-corrected chi connectivity index (χ4v) is 3.36. The fourth-order valence-electron chi connectivity index (χ4n) is 2.84. The number of aromatic nitrogens is 3. The summed E-state index contributed by atoms with van der Waals surface area (Å²) in [7, 11) is 1.92. The lowest BCUT2D eigenvalue weighted by Gasteiger charge is -2.14. The number of halogens is 1. The first-order chi connectivity index (χ1) is 13.0. The van der Waals surface area contributed by atoms with E-state index in [-0.39, 0.29) is 12.5 Å². The van der Waals surface area contributed by atoms with E-state index in [0.29, 0.717) is 22.1 Å². The average molecular weight is 403 g/mol. The van der Waals surface area contributed by atoms with E-state index < -0.39 is 0 Å². The number of para-hydroxylation sites is 2. The third-order valence-corrected chi connectivity index (χ3v) is 4.77. The van der Waals surface area contributed by atoms with E-state index >= 15 is 0 Å². The highest BCUT2D eigenvalue weighted by Gasteiger charge is 2.15. The zero-order valence-electron chi connectivity index (χ0n) is 15.1. The van der Waals surface area contributed by atoms with E-state index in [4.69, 9.17) is 23.8 Å². The number of aryl methyl sites for hydroxylation is 1. The Morgan fingerprint density at radius 2 is 1.85 bits per heavy atom. The highest BCUT2D eigenvalue weighted by molar-refractivity contribution is 7.71. The zero-order valence-corrected chi connectivity index (χ0v) is 16.7. The number of anilines is 1. The summed E-state index contributed by atoms with van der Waals surface area (Å²) in [6.45, 7) is 2.67. The molecule has 6 nitrogen and oxygen atoms in total. The van der Waals surface area contributed by atoms with Gasteiger partial charge in [0.1, 0.15) is 5.82 Å². The number of nitrogens with zero attached hydrogens (tertiary/aromatic N) is 3. The number of hydrogen-bond donors (Lipinski definition) is 2. The Hall–Kier alpha value is -2.48. The molecule has 0 aliphatic heterocycles. The van der Waals surface area contributed by atoms with Gasteiger partial charge in [-0.05, 0) is 43.4 Å². The Kier molecular flexibility index (Phi) is 6.05. The minimum absolute atomic E-state index is 0.119. The largest absolute Gasteiger partial charge is 0.320 e. The molecule has 8 heteroatoms. The van der Waals surface area contributed by atoms with Crippen molar-refractivity contribution < 1.29 is 9.69 Å². The van der Waals surface area contributed by atoms with Crippen molar-refractivity contribution in [3.05, 3.63) is 70.2 Å². The zero-order chi connectivity index (χ0) is 19.4. The van der Waals surface area contributed by atoms with Gasteiger partial charge in [-0.2, -0.15) is 9.78 Å². The van der Waals surface area contributed by atoms with Gasteiger partial charge in [0.05, 0.1) is 17.8 Å². The number of amides is 1. The second-order valence-electron chi connectivity index (χ2n) is 6.32. The van der Waals surface area contributed by atoms with Crippen LogP contribution in [0.1, 0.15) is 5.82 Å². The quantitative estimate of drug-likeness (QED) is 0.623. The monoisotopic (exact) mass is 402 g/mol. The molecule has 0 radical (unpaired) electrons. The van der Waals surface area contributed by atoms with Crippen LogP contribution in [0.2, 0.25) is 5.02 Å². The van der Waals surface area contributed by atoms with Crippen molar-refractivity contribution in [1.82, 2.24) is 14.3 Å². The van der Waals surface area contributed by atoms with Gasteiger partial charge < -0.3 is 10.2 Å². The molecule has 0 saturated carbocycles. The molecule has 2 N–H and O–H groups in total. The van der Waals surface area contributed by atoms with Gasteiger partial charge in [0.2, 0.25) is 4.77 Å². The van der Waals surface area contributed by atoms with Gasteiger partial charge in [-0.15, -0.1) is 0 Å². The van der Waals surface area contributed by atoms with Crippen molar-refractivity contribution in [3.8, 4) is 5.69 Å². The van der Waals surface area contributed by atoms with Crippen LogP contribution >= 0.6 is 23.8 Å². The Bertz CT molecular complexity index is 999. The summed E-state index contributed by atoms with van der Waals surface area (Å²) in [6, 6.07) is 17.0. The highest BCUT2D eigenvalue weighted by Crippen LogP contribution is 2.19. The molecule has 0 aliphatic rings. The molecule has 1 aromatic heterocycles. The molecular formula is C19H21ClN5OS+. The summed E-state index contributed by atoms with van der Waals surface area (Å²) >= 11 is 11.7. The topological polar surface area (TPSA) is 56.3 Å². The molecule has 2 aromatic carbocycles. The van der Waals surface area contributed by atoms with Crippen molar-refractivity contribution in [2.75, 3.05) is 18.9 Å². The van der Waals surface area contributed by atoms with Crippen LogP contribution in [-0.4, -0.2) is 33.8 Å². The minimum atomic E-state index is -0.119. The van der Waals surface area contributed by atoms with Crippen molar-refractivity contribution in [2.24, 2.45) is 0 Å². The van der Waals surface area contributed by atoms with Gasteiger partial charge >= 0.3 is 0 Å². The van der Waals surface area contributed by atoms with Crippen molar-refractivity contribution in [2.45, 2.75) is 13.6 Å². The van der Waals surface area contributed by atoms with E-state index in [0.717, 1.165) is 16.4 Å². The summed E-state index contributed by atoms with van der Waals surface area (Å²) in [5.74, 6) is 0.686. The third kappa shape index (κ3) is 4.63. The summed E-state index contributed by atoms with van der Waals surface area (Å²) in [6.07, 6.45) is 0. The molecule has 1 unspecified atom stereocenters. The fraction of sp³-hybridized carbons (Fsp3) is 0.211. The van der Waals surface area contributed by atoms with Gasteiger partial charge in [-0.25, -0.2) is 0 Å². The van der Waals surface area contributed by atoms with E-state index in [1.807, 2.05) is 61.0 Å². The lowest BCUT2D eigenvalue weighted by atomic mass is 10.3. The van der Waals surface area contributed by atoms with Crippen molar-refractivity contribution in [3.63, 3.8) is 0 Å². The minimum Gasteiger partial charge on any atom is -0.320 e. The third-order valence-electron chi connectivity index (χ3n) is 4.05. The predicted molar refractivity (Wildman–Crippen MR) is 109 cm³/mol. The lowest BCUT2D eigenvalue weighted by molar-refractivity contribution is -0.895. The average Bonchev–Trinajstić information content (AvgIpc) is 2.91. The molecule has 1 atom stereocenters. The highest BCUT2D eigenvalue weighted by atomic mass is 35.5. The van der Waals surface area contributed by atoms with E-state index in [9.17, 15) is 4.79 Å². The van der Waals surface area contributed by atoms with Crippen molar-refractivity contribution in [1.29, 1.82) is 0 Å². The molecule has 0 spiro atoms. The number of rotatable bonds is 6. The van der Waals surface area contributed by atoms with E-state index in [2.05, 4.69) is 10.4 Å². The molecule has 0 bridgehead atoms. The first kappa shape index (κ1) is 19.3. The summed E-state index contributed by atoms with van der Waals surface area (Å²) in [5.41, 5.74) is 1.58. The number of nitrogens with one attached hydrogen (secondary N) is 2. The Balaban J connectivity index is 1.68. The molecule has 27 heavy (non-hydrogen) atoms. The molecule has 1 amide bonds. The van der Waals surface area contributed by atoms with Gasteiger partial charge in [0.25, 0.3) is 5.91 Å². The molecule has 1 heterocycles. The summed E-state index contributed by atoms with van der Waals surface area (Å²) < 4.78 is 4.27. The number of carbonyl (C=O) groups excluding carboxylic acids is 1. The first-order valence-corrected chi connectivity index (χ1v) is 9.32. The van der Waals surface area contributed by atoms with Gasteiger partial charge in [-0.3, -0.25) is 9.36 Å². The molecule has 0 saturated heterocycles. The molecule has 140 valence electrons. The Labute approximate surface area is 168 Å². The van der Waals surface area contributed by atoms with E-state index in [1.165, 1.54) is 0 Å². The van der Waals surface area contributed by atoms with Crippen LogP contribution in [0.25, 0.3) is 5.69 Å². The molecule has 0 fully saturated rings. The molecule has 3 aromatic rings. The Morgan fingerprint density at radius 1 is 1.19 bits per heavy atom. The molecule has 0 aliphatic carbocycles. The standard InChI is InChI=1S/C19H20ClN5OS/c1-14-22-24(19(27)25(14)15-8-4-3-5-9-15)13-23(2)12-18(26)21-17-11-7-6-10-16(17)20/h3-11H,12-13H2,1-2H3,(H,21,26)/p+1.